The van der Waals surface area contributed by atoms with Crippen molar-refractivity contribution in [2.24, 2.45) is 0 Å². The van der Waals surface area contributed by atoms with E-state index in [9.17, 15) is 8.76 Å². The topological polar surface area (TPSA) is 98.5 Å². The first kappa shape index (κ1) is 17.1. The molecule has 1 saturated heterocycles. The molecule has 1 N–H and O–H groups in total. The van der Waals surface area contributed by atoms with E-state index in [1.807, 2.05) is 19.1 Å². The molecule has 1 aliphatic rings. The van der Waals surface area contributed by atoms with Gasteiger partial charge in [-0.2, -0.15) is 4.52 Å². The quantitative estimate of drug-likeness (QED) is 0.699. The lowest BCUT2D eigenvalue weighted by molar-refractivity contribution is 0.417. The normalized spacial score (nSPS) is 18.2. The van der Waals surface area contributed by atoms with Gasteiger partial charge in [0.2, 0.25) is 0 Å². The Labute approximate surface area is 152 Å². The van der Waals surface area contributed by atoms with Crippen LogP contribution in [0.3, 0.4) is 0 Å². The fraction of sp³-hybridized carbons (Fsp3) is 0.353. The minimum Gasteiger partial charge on any atom is -0.593 e. The van der Waals surface area contributed by atoms with Crippen molar-refractivity contribution in [3.8, 4) is 0 Å². The van der Waals surface area contributed by atoms with Gasteiger partial charge in [0.25, 0.3) is 0 Å². The highest BCUT2D eigenvalue weighted by atomic mass is 32.3. The second kappa shape index (κ2) is 6.75. The summed E-state index contributed by atoms with van der Waals surface area (Å²) in [7, 11) is -3.47. The number of fused-ring (bicyclic) bond motifs is 1. The second-order valence-corrected chi connectivity index (χ2v) is 8.12. The average Bonchev–Trinajstić information content (AvgIpc) is 3.03. The molecule has 0 saturated carbocycles. The Hall–Kier alpha value is -2.36. The molecule has 0 amide bonds. The van der Waals surface area contributed by atoms with E-state index >= 15 is 0 Å². The van der Waals surface area contributed by atoms with Crippen LogP contribution in [0.5, 0.6) is 0 Å². The molecule has 136 valence electrons. The molecule has 0 radical (unpaired) electrons. The van der Waals surface area contributed by atoms with E-state index in [1.54, 1.807) is 34.8 Å². The standard InChI is InChI=1S/C17H20N6O2S/c1-13-18-19-16-7-8-17(20-23(13)16)22-11-9-14(10-12-22)21-26(24,25)15-5-3-2-4-6-15/h2-8,14H,9-12H2,1H3,(H-,21,24,25). The van der Waals surface area contributed by atoms with Gasteiger partial charge < -0.3 is 9.45 Å². The molecule has 9 heteroatoms. The minimum atomic E-state index is -3.47. The Morgan fingerprint density at radius 2 is 1.85 bits per heavy atom. The molecule has 0 spiro atoms. The Kier molecular flexibility index (Phi) is 4.43. The molecule has 0 aliphatic carbocycles. The van der Waals surface area contributed by atoms with Crippen LogP contribution in [0, 0.1) is 6.92 Å². The summed E-state index contributed by atoms with van der Waals surface area (Å²) >= 11 is 0. The van der Waals surface area contributed by atoms with E-state index < -0.39 is 10.4 Å². The third kappa shape index (κ3) is 3.33. The van der Waals surface area contributed by atoms with Gasteiger partial charge in [-0.05, 0) is 44.0 Å². The zero-order valence-electron chi connectivity index (χ0n) is 14.4. The predicted octanol–water partition coefficient (Wildman–Crippen LogP) is 1.60. The van der Waals surface area contributed by atoms with Crippen molar-refractivity contribution in [1.82, 2.24) is 24.5 Å². The Morgan fingerprint density at radius 1 is 1.12 bits per heavy atom. The van der Waals surface area contributed by atoms with Gasteiger partial charge in [0.05, 0.1) is 6.04 Å². The predicted molar refractivity (Wildman–Crippen MR) is 97.4 cm³/mol. The van der Waals surface area contributed by atoms with Crippen molar-refractivity contribution in [3.05, 3.63) is 48.3 Å². The van der Waals surface area contributed by atoms with Crippen LogP contribution in [0.1, 0.15) is 18.7 Å². The number of aromatic nitrogens is 4. The lowest BCUT2D eigenvalue weighted by Gasteiger charge is -2.33. The molecule has 1 aromatic carbocycles. The summed E-state index contributed by atoms with van der Waals surface area (Å²) in [6, 6.07) is 12.2. The summed E-state index contributed by atoms with van der Waals surface area (Å²) in [6.07, 6.45) is 1.46. The van der Waals surface area contributed by atoms with Crippen molar-refractivity contribution < 1.29 is 8.76 Å². The SMILES string of the molecule is Cc1nnc2ccc(N3CCC(N[S+](=O)([O-])c4ccccc4)CC3)nn12. The second-order valence-electron chi connectivity index (χ2n) is 6.40. The van der Waals surface area contributed by atoms with E-state index in [4.69, 9.17) is 0 Å². The van der Waals surface area contributed by atoms with Crippen molar-refractivity contribution in [2.75, 3.05) is 18.0 Å². The molecule has 1 aliphatic heterocycles. The monoisotopic (exact) mass is 372 g/mol. The van der Waals surface area contributed by atoms with Crippen LogP contribution in [-0.4, -0.2) is 43.5 Å². The van der Waals surface area contributed by atoms with Gasteiger partial charge in [-0.15, -0.1) is 20.0 Å². The third-order valence-corrected chi connectivity index (χ3v) is 6.14. The number of aryl methyl sites for hydroxylation is 1. The number of hydrogen-bond donors (Lipinski definition) is 1. The number of rotatable bonds is 4. The van der Waals surface area contributed by atoms with Crippen LogP contribution >= 0.6 is 0 Å². The summed E-state index contributed by atoms with van der Waals surface area (Å²) in [5.74, 6) is 1.59. The van der Waals surface area contributed by atoms with Crippen LogP contribution in [0.15, 0.2) is 47.4 Å². The Balaban J connectivity index is 1.42. The zero-order chi connectivity index (χ0) is 18.1. The van der Waals surface area contributed by atoms with Gasteiger partial charge >= 0.3 is 0 Å². The molecule has 3 aromatic rings. The van der Waals surface area contributed by atoms with Gasteiger partial charge in [-0.3, -0.25) is 0 Å². The number of sulfonamides is 1. The number of hydrogen-bond acceptors (Lipinski definition) is 6. The summed E-state index contributed by atoms with van der Waals surface area (Å²) in [6.45, 7) is 3.34. The molecule has 1 atom stereocenters. The van der Waals surface area contributed by atoms with Crippen LogP contribution in [-0.2, 0) is 14.6 Å². The van der Waals surface area contributed by atoms with Crippen LogP contribution in [0.2, 0.25) is 0 Å². The van der Waals surface area contributed by atoms with Crippen LogP contribution in [0.4, 0.5) is 5.82 Å². The highest BCUT2D eigenvalue weighted by molar-refractivity contribution is 7.95. The molecule has 3 heterocycles. The molecule has 0 bridgehead atoms. The largest absolute Gasteiger partial charge is 0.593 e. The van der Waals surface area contributed by atoms with E-state index in [0.717, 1.165) is 43.2 Å². The summed E-state index contributed by atoms with van der Waals surface area (Å²) in [5.41, 5.74) is 0.719. The Bertz CT molecular complexity index is 952. The lowest BCUT2D eigenvalue weighted by atomic mass is 10.1. The first-order valence-corrected chi connectivity index (χ1v) is 10.0. The van der Waals surface area contributed by atoms with Crippen molar-refractivity contribution >= 4 is 21.9 Å². The minimum absolute atomic E-state index is 0.0724. The molecule has 8 nitrogen and oxygen atoms in total. The van der Waals surface area contributed by atoms with Gasteiger partial charge in [0.1, 0.15) is 5.82 Å². The van der Waals surface area contributed by atoms with E-state index in [-0.39, 0.29) is 6.04 Å². The number of benzene rings is 1. The van der Waals surface area contributed by atoms with E-state index in [2.05, 4.69) is 24.9 Å². The maximum absolute atomic E-state index is 12.5. The summed E-state index contributed by atoms with van der Waals surface area (Å²) in [5, 5.41) is 12.6. The highest BCUT2D eigenvalue weighted by Gasteiger charge is 2.28. The average molecular weight is 372 g/mol. The summed E-state index contributed by atoms with van der Waals surface area (Å²) < 4.78 is 29.4. The molecule has 2 aromatic heterocycles. The highest BCUT2D eigenvalue weighted by Crippen LogP contribution is 2.21. The molecule has 26 heavy (non-hydrogen) atoms. The van der Waals surface area contributed by atoms with Gasteiger partial charge in [0, 0.05) is 13.1 Å². The van der Waals surface area contributed by atoms with Gasteiger partial charge in [-0.1, -0.05) is 22.4 Å². The van der Waals surface area contributed by atoms with Gasteiger partial charge in [-0.25, -0.2) is 0 Å². The molecular formula is C17H20N6O2S. The molecule has 1 fully saturated rings. The van der Waals surface area contributed by atoms with Crippen LogP contribution < -0.4 is 9.62 Å². The third-order valence-electron chi connectivity index (χ3n) is 4.60. The lowest BCUT2D eigenvalue weighted by Crippen LogP contribution is -2.46. The number of anilines is 1. The maximum Gasteiger partial charge on any atom is 0.178 e. The number of piperidine rings is 1. The number of nitrogens with zero attached hydrogens (tertiary/aromatic N) is 5. The van der Waals surface area contributed by atoms with Crippen LogP contribution in [0.25, 0.3) is 5.65 Å². The first-order chi connectivity index (χ1) is 12.5. The fourth-order valence-electron chi connectivity index (χ4n) is 3.17. The van der Waals surface area contributed by atoms with Crippen molar-refractivity contribution in [3.63, 3.8) is 0 Å². The first-order valence-electron chi connectivity index (χ1n) is 8.54. The van der Waals surface area contributed by atoms with Crippen molar-refractivity contribution in [1.29, 1.82) is 0 Å². The smallest absolute Gasteiger partial charge is 0.178 e. The fourth-order valence-corrected chi connectivity index (χ4v) is 4.49. The Morgan fingerprint density at radius 3 is 2.58 bits per heavy atom. The maximum atomic E-state index is 12.5. The van der Waals surface area contributed by atoms with Gasteiger partial charge in [0.15, 0.2) is 26.8 Å². The molecular weight excluding hydrogens is 352 g/mol. The zero-order valence-corrected chi connectivity index (χ0v) is 15.2. The number of nitrogens with one attached hydrogen (secondary N) is 1. The summed E-state index contributed by atoms with van der Waals surface area (Å²) in [4.78, 5) is 2.46. The van der Waals surface area contributed by atoms with E-state index in [1.165, 1.54) is 0 Å². The van der Waals surface area contributed by atoms with E-state index in [0.29, 0.717) is 4.90 Å². The molecule has 4 rings (SSSR count). The molecule has 1 unspecified atom stereocenters. The van der Waals surface area contributed by atoms with Crippen molar-refractivity contribution in [2.45, 2.75) is 30.7 Å².